The zero-order valence-electron chi connectivity index (χ0n) is 15.0. The maximum absolute atomic E-state index is 12.8. The molecule has 0 radical (unpaired) electrons. The minimum atomic E-state index is -0.384. The number of hydrogen-bond donors (Lipinski definition) is 0. The Balaban J connectivity index is 1.57. The van der Waals surface area contributed by atoms with Crippen LogP contribution < -0.4 is 4.74 Å². The van der Waals surface area contributed by atoms with Crippen molar-refractivity contribution in [3.05, 3.63) is 29.3 Å². The van der Waals surface area contributed by atoms with Crippen molar-refractivity contribution in [3.63, 3.8) is 0 Å². The van der Waals surface area contributed by atoms with Gasteiger partial charge < -0.3 is 19.3 Å². The molecule has 0 unspecified atom stereocenters. The molecule has 0 aromatic heterocycles. The minimum Gasteiger partial charge on any atom is -0.493 e. The van der Waals surface area contributed by atoms with Gasteiger partial charge in [0.1, 0.15) is 5.75 Å². The van der Waals surface area contributed by atoms with E-state index in [1.165, 1.54) is 7.11 Å². The standard InChI is InChI=1S/C19H24N2O5/c1-25-18(23)6-5-17(22)20-8-2-9-21(11-10-20)19(24)15-3-4-16-14(13-15)7-12-26-16/h3-4,13H,2,5-12H2,1H3. The van der Waals surface area contributed by atoms with E-state index in [9.17, 15) is 14.4 Å². The van der Waals surface area contributed by atoms with Gasteiger partial charge in [-0.3, -0.25) is 14.4 Å². The molecular formula is C19H24N2O5. The lowest BCUT2D eigenvalue weighted by molar-refractivity contribution is -0.143. The SMILES string of the molecule is COC(=O)CCC(=O)N1CCCN(C(=O)c2ccc3c(c2)CCO3)CC1. The molecule has 140 valence electrons. The number of hydrogen-bond acceptors (Lipinski definition) is 5. The first kappa shape index (κ1) is 18.2. The first-order valence-electron chi connectivity index (χ1n) is 8.98. The van der Waals surface area contributed by atoms with Crippen LogP contribution in [0.25, 0.3) is 0 Å². The van der Waals surface area contributed by atoms with Crippen LogP contribution in [0.4, 0.5) is 0 Å². The van der Waals surface area contributed by atoms with E-state index >= 15 is 0 Å². The Bertz CT molecular complexity index is 703. The van der Waals surface area contributed by atoms with Gasteiger partial charge in [-0.1, -0.05) is 0 Å². The number of methoxy groups -OCH3 is 1. The van der Waals surface area contributed by atoms with Crippen LogP contribution in [0.15, 0.2) is 18.2 Å². The van der Waals surface area contributed by atoms with Gasteiger partial charge in [0.2, 0.25) is 5.91 Å². The number of benzene rings is 1. The highest BCUT2D eigenvalue weighted by molar-refractivity contribution is 5.94. The van der Waals surface area contributed by atoms with Gasteiger partial charge in [-0.25, -0.2) is 0 Å². The fourth-order valence-electron chi connectivity index (χ4n) is 3.34. The molecular weight excluding hydrogens is 336 g/mol. The number of amides is 2. The normalized spacial score (nSPS) is 16.5. The number of fused-ring (bicyclic) bond motifs is 1. The second-order valence-corrected chi connectivity index (χ2v) is 6.52. The van der Waals surface area contributed by atoms with Crippen LogP contribution in [0.2, 0.25) is 0 Å². The predicted molar refractivity (Wildman–Crippen MR) is 94.0 cm³/mol. The third-order valence-electron chi connectivity index (χ3n) is 4.84. The maximum atomic E-state index is 12.8. The minimum absolute atomic E-state index is 0.0106. The van der Waals surface area contributed by atoms with Crippen molar-refractivity contribution in [3.8, 4) is 5.75 Å². The van der Waals surface area contributed by atoms with Crippen LogP contribution in [0.3, 0.4) is 0 Å². The molecule has 3 rings (SSSR count). The van der Waals surface area contributed by atoms with E-state index in [-0.39, 0.29) is 30.6 Å². The van der Waals surface area contributed by atoms with Gasteiger partial charge in [0.05, 0.1) is 20.1 Å². The Morgan fingerprint density at radius 2 is 1.85 bits per heavy atom. The van der Waals surface area contributed by atoms with E-state index in [0.717, 1.165) is 24.2 Å². The summed E-state index contributed by atoms with van der Waals surface area (Å²) >= 11 is 0. The Kier molecular flexibility index (Phi) is 5.75. The van der Waals surface area contributed by atoms with Crippen LogP contribution in [0.1, 0.15) is 35.2 Å². The summed E-state index contributed by atoms with van der Waals surface area (Å²) in [6, 6.07) is 5.57. The van der Waals surface area contributed by atoms with Crippen LogP contribution >= 0.6 is 0 Å². The largest absolute Gasteiger partial charge is 0.493 e. The molecule has 0 spiro atoms. The summed E-state index contributed by atoms with van der Waals surface area (Å²) in [5, 5.41) is 0. The van der Waals surface area contributed by atoms with Gasteiger partial charge >= 0.3 is 5.97 Å². The molecule has 7 heteroatoms. The molecule has 0 atom stereocenters. The van der Waals surface area contributed by atoms with E-state index in [4.69, 9.17) is 4.74 Å². The number of carbonyl (C=O) groups is 3. The summed E-state index contributed by atoms with van der Waals surface area (Å²) in [7, 11) is 1.31. The molecule has 1 fully saturated rings. The fourth-order valence-corrected chi connectivity index (χ4v) is 3.34. The zero-order valence-corrected chi connectivity index (χ0v) is 15.0. The highest BCUT2D eigenvalue weighted by Gasteiger charge is 2.24. The average Bonchev–Trinajstić information content (AvgIpc) is 2.99. The number of carbonyl (C=O) groups excluding carboxylic acids is 3. The van der Waals surface area contributed by atoms with E-state index < -0.39 is 0 Å². The van der Waals surface area contributed by atoms with Crippen LogP contribution in [0.5, 0.6) is 5.75 Å². The van der Waals surface area contributed by atoms with Crippen LogP contribution in [-0.2, 0) is 20.7 Å². The molecule has 0 N–H and O–H groups in total. The highest BCUT2D eigenvalue weighted by Crippen LogP contribution is 2.26. The van der Waals surface area contributed by atoms with Crippen molar-refractivity contribution in [2.75, 3.05) is 39.9 Å². The molecule has 2 amide bonds. The Morgan fingerprint density at radius 1 is 1.08 bits per heavy atom. The topological polar surface area (TPSA) is 76.2 Å². The van der Waals surface area contributed by atoms with E-state index in [0.29, 0.717) is 38.3 Å². The zero-order chi connectivity index (χ0) is 18.5. The molecule has 0 saturated carbocycles. The summed E-state index contributed by atoms with van der Waals surface area (Å²) in [5.74, 6) is 0.397. The second kappa shape index (κ2) is 8.21. The smallest absolute Gasteiger partial charge is 0.306 e. The number of ether oxygens (including phenoxy) is 2. The summed E-state index contributed by atoms with van der Waals surface area (Å²) in [6.07, 6.45) is 1.79. The molecule has 0 bridgehead atoms. The summed E-state index contributed by atoms with van der Waals surface area (Å²) < 4.78 is 10.1. The van der Waals surface area contributed by atoms with Crippen molar-refractivity contribution in [1.82, 2.24) is 9.80 Å². The van der Waals surface area contributed by atoms with Gasteiger partial charge in [0.25, 0.3) is 5.91 Å². The lowest BCUT2D eigenvalue weighted by Gasteiger charge is -2.22. The molecule has 2 heterocycles. The molecule has 1 aromatic carbocycles. The Morgan fingerprint density at radius 3 is 2.65 bits per heavy atom. The van der Waals surface area contributed by atoms with Gasteiger partial charge in [-0.15, -0.1) is 0 Å². The summed E-state index contributed by atoms with van der Waals surface area (Å²) in [4.78, 5) is 39.8. The van der Waals surface area contributed by atoms with Gasteiger partial charge in [0, 0.05) is 44.6 Å². The van der Waals surface area contributed by atoms with E-state index in [2.05, 4.69) is 4.74 Å². The monoisotopic (exact) mass is 360 g/mol. The predicted octanol–water partition coefficient (Wildman–Crippen LogP) is 1.25. The lowest BCUT2D eigenvalue weighted by Crippen LogP contribution is -2.37. The Labute approximate surface area is 152 Å². The van der Waals surface area contributed by atoms with Crippen molar-refractivity contribution in [2.24, 2.45) is 0 Å². The quantitative estimate of drug-likeness (QED) is 0.756. The summed E-state index contributed by atoms with van der Waals surface area (Å²) in [5.41, 5.74) is 1.74. The molecule has 7 nitrogen and oxygen atoms in total. The van der Waals surface area contributed by atoms with Crippen molar-refractivity contribution in [1.29, 1.82) is 0 Å². The van der Waals surface area contributed by atoms with Crippen LogP contribution in [-0.4, -0.2) is 67.5 Å². The number of rotatable bonds is 4. The van der Waals surface area contributed by atoms with Crippen LogP contribution in [0, 0.1) is 0 Å². The maximum Gasteiger partial charge on any atom is 0.306 e. The third kappa shape index (κ3) is 4.15. The van der Waals surface area contributed by atoms with Gasteiger partial charge in [0.15, 0.2) is 0 Å². The molecule has 1 aromatic rings. The molecule has 1 saturated heterocycles. The average molecular weight is 360 g/mol. The third-order valence-corrected chi connectivity index (χ3v) is 4.84. The van der Waals surface area contributed by atoms with E-state index in [1.807, 2.05) is 12.1 Å². The van der Waals surface area contributed by atoms with Crippen molar-refractivity contribution >= 4 is 17.8 Å². The lowest BCUT2D eigenvalue weighted by atomic mass is 10.1. The number of esters is 1. The summed E-state index contributed by atoms with van der Waals surface area (Å²) in [6.45, 7) is 2.87. The molecule has 2 aliphatic rings. The first-order chi connectivity index (χ1) is 12.6. The van der Waals surface area contributed by atoms with Crippen molar-refractivity contribution < 1.29 is 23.9 Å². The Hall–Kier alpha value is -2.57. The van der Waals surface area contributed by atoms with Gasteiger partial charge in [-0.2, -0.15) is 0 Å². The fraction of sp³-hybridized carbons (Fsp3) is 0.526. The van der Waals surface area contributed by atoms with E-state index in [1.54, 1.807) is 15.9 Å². The molecule has 26 heavy (non-hydrogen) atoms. The van der Waals surface area contributed by atoms with Crippen molar-refractivity contribution in [2.45, 2.75) is 25.7 Å². The molecule has 2 aliphatic heterocycles. The first-order valence-corrected chi connectivity index (χ1v) is 8.98. The molecule has 0 aliphatic carbocycles. The van der Waals surface area contributed by atoms with Gasteiger partial charge in [-0.05, 0) is 30.2 Å². The number of nitrogens with zero attached hydrogens (tertiary/aromatic N) is 2. The highest BCUT2D eigenvalue weighted by atomic mass is 16.5. The second-order valence-electron chi connectivity index (χ2n) is 6.52.